The van der Waals surface area contributed by atoms with Crippen molar-refractivity contribution in [1.29, 1.82) is 0 Å². The summed E-state index contributed by atoms with van der Waals surface area (Å²) >= 11 is 3.56. The highest BCUT2D eigenvalue weighted by Gasteiger charge is 2.00. The molecule has 0 aliphatic heterocycles. The molecule has 2 rings (SSSR count). The van der Waals surface area contributed by atoms with Crippen LogP contribution in [0.2, 0.25) is 0 Å². The van der Waals surface area contributed by atoms with Gasteiger partial charge in [-0.1, -0.05) is 6.07 Å². The summed E-state index contributed by atoms with van der Waals surface area (Å²) in [4.78, 5) is 0. The van der Waals surface area contributed by atoms with E-state index in [1.807, 2.05) is 7.05 Å². The summed E-state index contributed by atoms with van der Waals surface area (Å²) in [7, 11) is 2.03. The number of hydrogen-bond acceptors (Lipinski definition) is 1. The van der Waals surface area contributed by atoms with E-state index in [1.54, 1.807) is 0 Å². The van der Waals surface area contributed by atoms with Gasteiger partial charge in [-0.3, -0.25) is 0 Å². The van der Waals surface area contributed by atoms with Crippen molar-refractivity contribution in [2.24, 2.45) is 7.05 Å². The third-order valence-electron chi connectivity index (χ3n) is 2.50. The molecule has 3 heteroatoms. The van der Waals surface area contributed by atoms with Gasteiger partial charge in [-0.15, -0.1) is 0 Å². The standard InChI is InChI=1S/C13H15BrN2/c1-10-3-4-13(12(14)7-10)15-8-11-5-6-16(2)9-11/h3-7,9,15H,8H2,1-2H3. The molecular formula is C13H15BrN2. The maximum atomic E-state index is 3.56. The highest BCUT2D eigenvalue weighted by molar-refractivity contribution is 9.10. The molecule has 0 bridgehead atoms. The van der Waals surface area contributed by atoms with Gasteiger partial charge in [0.25, 0.3) is 0 Å². The number of aromatic nitrogens is 1. The summed E-state index contributed by atoms with van der Waals surface area (Å²) in [5, 5.41) is 3.41. The minimum atomic E-state index is 0.850. The molecule has 0 spiro atoms. The Bertz CT molecular complexity index is 488. The van der Waals surface area contributed by atoms with Crippen LogP contribution in [0.4, 0.5) is 5.69 Å². The second kappa shape index (κ2) is 4.74. The Morgan fingerprint density at radius 1 is 1.31 bits per heavy atom. The zero-order chi connectivity index (χ0) is 11.5. The first-order valence-electron chi connectivity index (χ1n) is 5.26. The number of halogens is 1. The minimum Gasteiger partial charge on any atom is -0.380 e. The first-order valence-corrected chi connectivity index (χ1v) is 6.05. The third-order valence-corrected chi connectivity index (χ3v) is 3.16. The van der Waals surface area contributed by atoms with E-state index in [0.717, 1.165) is 16.7 Å². The SMILES string of the molecule is Cc1ccc(NCc2ccn(C)c2)c(Br)c1. The number of nitrogens with zero attached hydrogens (tertiary/aromatic N) is 1. The molecule has 2 aromatic rings. The molecule has 0 amide bonds. The van der Waals surface area contributed by atoms with E-state index in [9.17, 15) is 0 Å². The number of nitrogens with one attached hydrogen (secondary N) is 1. The zero-order valence-electron chi connectivity index (χ0n) is 9.50. The second-order valence-corrected chi connectivity index (χ2v) is 4.88. The van der Waals surface area contributed by atoms with Crippen LogP contribution >= 0.6 is 15.9 Å². The van der Waals surface area contributed by atoms with Gasteiger partial charge in [-0.25, -0.2) is 0 Å². The molecule has 0 radical (unpaired) electrons. The van der Waals surface area contributed by atoms with Gasteiger partial charge in [0.15, 0.2) is 0 Å². The second-order valence-electron chi connectivity index (χ2n) is 4.02. The summed E-state index contributed by atoms with van der Waals surface area (Å²) in [5.74, 6) is 0. The van der Waals surface area contributed by atoms with E-state index in [-0.39, 0.29) is 0 Å². The summed E-state index contributed by atoms with van der Waals surface area (Å²) in [5.41, 5.74) is 3.68. The van der Waals surface area contributed by atoms with Crippen molar-refractivity contribution in [2.75, 3.05) is 5.32 Å². The highest BCUT2D eigenvalue weighted by Crippen LogP contribution is 2.23. The normalized spacial score (nSPS) is 10.4. The number of aryl methyl sites for hydroxylation is 2. The van der Waals surface area contributed by atoms with Gasteiger partial charge in [0, 0.05) is 36.1 Å². The topological polar surface area (TPSA) is 17.0 Å². The van der Waals surface area contributed by atoms with Crippen molar-refractivity contribution in [3.63, 3.8) is 0 Å². The number of hydrogen-bond donors (Lipinski definition) is 1. The smallest absolute Gasteiger partial charge is 0.0487 e. The van der Waals surface area contributed by atoms with Gasteiger partial charge >= 0.3 is 0 Å². The maximum Gasteiger partial charge on any atom is 0.0487 e. The average molecular weight is 279 g/mol. The van der Waals surface area contributed by atoms with Gasteiger partial charge in [0.05, 0.1) is 0 Å². The molecular weight excluding hydrogens is 264 g/mol. The molecule has 16 heavy (non-hydrogen) atoms. The van der Waals surface area contributed by atoms with Gasteiger partial charge in [-0.2, -0.15) is 0 Å². The Morgan fingerprint density at radius 3 is 2.75 bits per heavy atom. The summed E-state index contributed by atoms with van der Waals surface area (Å²) in [6.45, 7) is 2.94. The van der Waals surface area contributed by atoms with Gasteiger partial charge in [0.1, 0.15) is 0 Å². The Balaban J connectivity index is 2.04. The van der Waals surface area contributed by atoms with Crippen LogP contribution in [0.5, 0.6) is 0 Å². The fourth-order valence-corrected chi connectivity index (χ4v) is 2.26. The molecule has 0 saturated heterocycles. The lowest BCUT2D eigenvalue weighted by molar-refractivity contribution is 0.920. The van der Waals surface area contributed by atoms with Crippen molar-refractivity contribution in [3.05, 3.63) is 52.3 Å². The molecule has 0 aliphatic rings. The Hall–Kier alpha value is -1.22. The van der Waals surface area contributed by atoms with E-state index in [1.165, 1.54) is 11.1 Å². The molecule has 0 unspecified atom stereocenters. The molecule has 1 aromatic carbocycles. The molecule has 0 atom stereocenters. The minimum absolute atomic E-state index is 0.850. The van der Waals surface area contributed by atoms with Crippen LogP contribution in [-0.2, 0) is 13.6 Å². The first kappa shape index (κ1) is 11.3. The fourth-order valence-electron chi connectivity index (χ4n) is 1.63. The maximum absolute atomic E-state index is 3.56. The number of anilines is 1. The average Bonchev–Trinajstić information content (AvgIpc) is 2.63. The first-order chi connectivity index (χ1) is 7.65. The van der Waals surface area contributed by atoms with Gasteiger partial charge in [-0.05, 0) is 52.2 Å². The van der Waals surface area contributed by atoms with E-state index < -0.39 is 0 Å². The van der Waals surface area contributed by atoms with Crippen molar-refractivity contribution < 1.29 is 0 Å². The highest BCUT2D eigenvalue weighted by atomic mass is 79.9. The lowest BCUT2D eigenvalue weighted by atomic mass is 10.2. The Labute approximate surface area is 104 Å². The van der Waals surface area contributed by atoms with E-state index in [4.69, 9.17) is 0 Å². The van der Waals surface area contributed by atoms with Crippen molar-refractivity contribution >= 4 is 21.6 Å². The lowest BCUT2D eigenvalue weighted by Gasteiger charge is -2.08. The summed E-state index contributed by atoms with van der Waals surface area (Å²) in [6.07, 6.45) is 4.18. The van der Waals surface area contributed by atoms with E-state index in [2.05, 4.69) is 69.4 Å². The molecule has 1 aromatic heterocycles. The largest absolute Gasteiger partial charge is 0.380 e. The summed E-state index contributed by atoms with van der Waals surface area (Å²) in [6, 6.07) is 8.45. The van der Waals surface area contributed by atoms with Gasteiger partial charge < -0.3 is 9.88 Å². The van der Waals surface area contributed by atoms with Crippen LogP contribution in [0, 0.1) is 6.92 Å². The lowest BCUT2D eigenvalue weighted by Crippen LogP contribution is -1.99. The zero-order valence-corrected chi connectivity index (χ0v) is 11.1. The van der Waals surface area contributed by atoms with Crippen molar-refractivity contribution in [2.45, 2.75) is 13.5 Å². The van der Waals surface area contributed by atoms with E-state index >= 15 is 0 Å². The molecule has 1 N–H and O–H groups in total. The Kier molecular flexibility index (Phi) is 3.34. The molecule has 2 nitrogen and oxygen atoms in total. The van der Waals surface area contributed by atoms with Crippen LogP contribution in [0.1, 0.15) is 11.1 Å². The van der Waals surface area contributed by atoms with Crippen LogP contribution in [0.25, 0.3) is 0 Å². The molecule has 1 heterocycles. The molecule has 0 saturated carbocycles. The van der Waals surface area contributed by atoms with Crippen molar-refractivity contribution in [1.82, 2.24) is 4.57 Å². The molecule has 84 valence electrons. The monoisotopic (exact) mass is 278 g/mol. The van der Waals surface area contributed by atoms with Crippen LogP contribution < -0.4 is 5.32 Å². The predicted molar refractivity (Wildman–Crippen MR) is 71.6 cm³/mol. The van der Waals surface area contributed by atoms with Crippen LogP contribution in [0.3, 0.4) is 0 Å². The van der Waals surface area contributed by atoms with E-state index in [0.29, 0.717) is 0 Å². The third kappa shape index (κ3) is 2.67. The fraction of sp³-hybridized carbons (Fsp3) is 0.231. The molecule has 0 aliphatic carbocycles. The summed E-state index contributed by atoms with van der Waals surface area (Å²) < 4.78 is 3.17. The predicted octanol–water partition coefficient (Wildman–Crippen LogP) is 3.71. The van der Waals surface area contributed by atoms with Crippen LogP contribution in [-0.4, -0.2) is 4.57 Å². The van der Waals surface area contributed by atoms with Crippen LogP contribution in [0.15, 0.2) is 41.1 Å². The van der Waals surface area contributed by atoms with Gasteiger partial charge in [0.2, 0.25) is 0 Å². The Morgan fingerprint density at radius 2 is 2.12 bits per heavy atom. The number of benzene rings is 1. The molecule has 0 fully saturated rings. The van der Waals surface area contributed by atoms with Crippen molar-refractivity contribution in [3.8, 4) is 0 Å². The number of rotatable bonds is 3. The quantitative estimate of drug-likeness (QED) is 0.906.